The second kappa shape index (κ2) is 4.28. The fraction of sp³-hybridized carbons (Fsp3) is 0.500. The zero-order chi connectivity index (χ0) is 9.80. The van der Waals surface area contributed by atoms with Gasteiger partial charge in [0.2, 0.25) is 0 Å². The predicted molar refractivity (Wildman–Crippen MR) is 52.4 cm³/mol. The van der Waals surface area contributed by atoms with Crippen molar-refractivity contribution in [2.45, 2.75) is 6.42 Å². The first kappa shape index (κ1) is 9.27. The Morgan fingerprint density at radius 3 is 3.29 bits per heavy atom. The van der Waals surface area contributed by atoms with Gasteiger partial charge in [0.25, 0.3) is 5.88 Å². The Labute approximate surface area is 82.9 Å². The second-order valence-electron chi connectivity index (χ2n) is 3.50. The highest BCUT2D eigenvalue weighted by molar-refractivity contribution is 5.30. The lowest BCUT2D eigenvalue weighted by Crippen LogP contribution is -2.15. The maximum Gasteiger partial charge on any atom is 0.256 e. The minimum absolute atomic E-state index is 0.110. The fourth-order valence-electron chi connectivity index (χ4n) is 1.55. The summed E-state index contributed by atoms with van der Waals surface area (Å²) in [4.78, 5) is 3.95. The molecule has 1 aliphatic rings. The molecular formula is C10H14N2O2. The Morgan fingerprint density at radius 2 is 2.57 bits per heavy atom. The summed E-state index contributed by atoms with van der Waals surface area (Å²) >= 11 is 0. The van der Waals surface area contributed by atoms with E-state index < -0.39 is 0 Å². The Kier molecular flexibility index (Phi) is 2.84. The molecule has 1 aromatic heterocycles. The van der Waals surface area contributed by atoms with Gasteiger partial charge < -0.3 is 15.2 Å². The third-order valence-corrected chi connectivity index (χ3v) is 2.37. The van der Waals surface area contributed by atoms with E-state index in [4.69, 9.17) is 4.74 Å². The number of rotatable bonds is 3. The minimum Gasteiger partial charge on any atom is -0.503 e. The maximum atomic E-state index is 9.38. The molecule has 2 rings (SSSR count). The fourth-order valence-corrected chi connectivity index (χ4v) is 1.55. The van der Waals surface area contributed by atoms with Crippen LogP contribution in [0.15, 0.2) is 18.3 Å². The van der Waals surface area contributed by atoms with Crippen LogP contribution in [0.3, 0.4) is 0 Å². The van der Waals surface area contributed by atoms with Gasteiger partial charge in [0.05, 0.1) is 6.61 Å². The molecule has 0 spiro atoms. The van der Waals surface area contributed by atoms with Crippen LogP contribution in [0.1, 0.15) is 6.42 Å². The zero-order valence-corrected chi connectivity index (χ0v) is 7.94. The van der Waals surface area contributed by atoms with Crippen molar-refractivity contribution in [1.82, 2.24) is 10.3 Å². The van der Waals surface area contributed by atoms with E-state index in [2.05, 4.69) is 10.3 Å². The van der Waals surface area contributed by atoms with Gasteiger partial charge in [0, 0.05) is 18.7 Å². The SMILES string of the molecule is Oc1cccnc1OC[C@@H]1CCNC1. The average molecular weight is 194 g/mol. The molecule has 2 heterocycles. The summed E-state index contributed by atoms with van der Waals surface area (Å²) in [5, 5.41) is 12.6. The van der Waals surface area contributed by atoms with Gasteiger partial charge in [0.1, 0.15) is 0 Å². The normalized spacial score (nSPS) is 21.0. The van der Waals surface area contributed by atoms with Crippen LogP contribution in [0.5, 0.6) is 11.6 Å². The van der Waals surface area contributed by atoms with Crippen LogP contribution < -0.4 is 10.1 Å². The molecule has 0 aromatic carbocycles. The summed E-state index contributed by atoms with van der Waals surface area (Å²) in [6.07, 6.45) is 2.75. The number of nitrogens with zero attached hydrogens (tertiary/aromatic N) is 1. The van der Waals surface area contributed by atoms with E-state index in [9.17, 15) is 5.11 Å². The first-order valence-corrected chi connectivity index (χ1v) is 4.84. The number of aromatic nitrogens is 1. The van der Waals surface area contributed by atoms with E-state index in [1.54, 1.807) is 18.3 Å². The van der Waals surface area contributed by atoms with Crippen LogP contribution in [0.2, 0.25) is 0 Å². The molecule has 0 bridgehead atoms. The molecule has 1 aromatic rings. The standard InChI is InChI=1S/C10H14N2O2/c13-9-2-1-4-12-10(9)14-7-8-3-5-11-6-8/h1-2,4,8,11,13H,3,5-7H2/t8-/m1/s1. The third-order valence-electron chi connectivity index (χ3n) is 2.37. The topological polar surface area (TPSA) is 54.4 Å². The van der Waals surface area contributed by atoms with Gasteiger partial charge in [-0.2, -0.15) is 0 Å². The molecule has 4 nitrogen and oxygen atoms in total. The zero-order valence-electron chi connectivity index (χ0n) is 7.94. The Morgan fingerprint density at radius 1 is 1.64 bits per heavy atom. The van der Waals surface area contributed by atoms with Crippen LogP contribution >= 0.6 is 0 Å². The molecule has 14 heavy (non-hydrogen) atoms. The average Bonchev–Trinajstić information content (AvgIpc) is 2.69. The predicted octanol–water partition coefficient (Wildman–Crippen LogP) is 0.775. The van der Waals surface area contributed by atoms with Crippen LogP contribution in [-0.4, -0.2) is 29.8 Å². The van der Waals surface area contributed by atoms with Gasteiger partial charge in [-0.15, -0.1) is 0 Å². The van der Waals surface area contributed by atoms with Crippen molar-refractivity contribution in [1.29, 1.82) is 0 Å². The highest BCUT2D eigenvalue weighted by atomic mass is 16.5. The van der Waals surface area contributed by atoms with Crippen LogP contribution in [0, 0.1) is 5.92 Å². The van der Waals surface area contributed by atoms with Crippen molar-refractivity contribution >= 4 is 0 Å². The number of nitrogens with one attached hydrogen (secondary N) is 1. The van der Waals surface area contributed by atoms with E-state index in [1.165, 1.54) is 0 Å². The summed E-state index contributed by atoms with van der Waals surface area (Å²) in [7, 11) is 0. The molecule has 1 fully saturated rings. The molecule has 76 valence electrons. The quantitative estimate of drug-likeness (QED) is 0.746. The van der Waals surface area contributed by atoms with E-state index in [1.807, 2.05) is 0 Å². The molecule has 0 aliphatic carbocycles. The van der Waals surface area contributed by atoms with Crippen molar-refractivity contribution in [3.63, 3.8) is 0 Å². The Balaban J connectivity index is 1.88. The summed E-state index contributed by atoms with van der Waals surface area (Å²) in [6, 6.07) is 3.26. The van der Waals surface area contributed by atoms with Crippen LogP contribution in [0.25, 0.3) is 0 Å². The minimum atomic E-state index is 0.110. The Hall–Kier alpha value is -1.29. The highest BCUT2D eigenvalue weighted by Crippen LogP contribution is 2.22. The lowest BCUT2D eigenvalue weighted by molar-refractivity contribution is 0.240. The summed E-state index contributed by atoms with van der Waals surface area (Å²) < 4.78 is 5.42. The molecule has 1 aliphatic heterocycles. The van der Waals surface area contributed by atoms with Gasteiger partial charge in [-0.1, -0.05) is 0 Å². The number of hydrogen-bond donors (Lipinski definition) is 2. The lowest BCUT2D eigenvalue weighted by atomic mass is 10.1. The summed E-state index contributed by atoms with van der Waals surface area (Å²) in [5.74, 6) is 0.981. The number of pyridine rings is 1. The van der Waals surface area contributed by atoms with Gasteiger partial charge in [0.15, 0.2) is 5.75 Å². The highest BCUT2D eigenvalue weighted by Gasteiger charge is 2.15. The summed E-state index contributed by atoms with van der Waals surface area (Å²) in [6.45, 7) is 2.67. The first-order chi connectivity index (χ1) is 6.86. The smallest absolute Gasteiger partial charge is 0.256 e. The van der Waals surface area contributed by atoms with E-state index in [0.717, 1.165) is 19.5 Å². The van der Waals surface area contributed by atoms with E-state index in [0.29, 0.717) is 18.4 Å². The summed E-state index contributed by atoms with van der Waals surface area (Å²) in [5.41, 5.74) is 0. The van der Waals surface area contributed by atoms with Crippen molar-refractivity contribution in [3.8, 4) is 11.6 Å². The van der Waals surface area contributed by atoms with E-state index >= 15 is 0 Å². The maximum absolute atomic E-state index is 9.38. The Bertz CT molecular complexity index is 298. The number of ether oxygens (including phenoxy) is 1. The molecule has 0 saturated carbocycles. The van der Waals surface area contributed by atoms with Crippen molar-refractivity contribution in [2.75, 3.05) is 19.7 Å². The number of hydrogen-bond acceptors (Lipinski definition) is 4. The van der Waals surface area contributed by atoms with E-state index in [-0.39, 0.29) is 5.75 Å². The molecule has 4 heteroatoms. The van der Waals surface area contributed by atoms with Crippen molar-refractivity contribution < 1.29 is 9.84 Å². The molecule has 2 N–H and O–H groups in total. The van der Waals surface area contributed by atoms with Gasteiger partial charge in [-0.25, -0.2) is 4.98 Å². The second-order valence-corrected chi connectivity index (χ2v) is 3.50. The third kappa shape index (κ3) is 2.14. The van der Waals surface area contributed by atoms with Crippen molar-refractivity contribution in [3.05, 3.63) is 18.3 Å². The first-order valence-electron chi connectivity index (χ1n) is 4.84. The van der Waals surface area contributed by atoms with Gasteiger partial charge in [-0.05, 0) is 25.1 Å². The van der Waals surface area contributed by atoms with Gasteiger partial charge >= 0.3 is 0 Å². The lowest BCUT2D eigenvalue weighted by Gasteiger charge is -2.10. The van der Waals surface area contributed by atoms with Crippen molar-refractivity contribution in [2.24, 2.45) is 5.92 Å². The molecule has 1 atom stereocenters. The largest absolute Gasteiger partial charge is 0.503 e. The number of aromatic hydroxyl groups is 1. The molecular weight excluding hydrogens is 180 g/mol. The molecule has 0 unspecified atom stereocenters. The van der Waals surface area contributed by atoms with Gasteiger partial charge in [-0.3, -0.25) is 0 Å². The molecule has 0 radical (unpaired) electrons. The molecule has 0 amide bonds. The van der Waals surface area contributed by atoms with Crippen LogP contribution in [-0.2, 0) is 0 Å². The van der Waals surface area contributed by atoms with Crippen LogP contribution in [0.4, 0.5) is 0 Å². The molecule has 1 saturated heterocycles. The monoisotopic (exact) mass is 194 g/mol.